The van der Waals surface area contributed by atoms with Crippen molar-refractivity contribution in [2.75, 3.05) is 0 Å². The van der Waals surface area contributed by atoms with Gasteiger partial charge in [-0.3, -0.25) is 9.89 Å². The number of nitrogens with zero attached hydrogens (tertiary/aromatic N) is 1. The zero-order chi connectivity index (χ0) is 17.1. The predicted octanol–water partition coefficient (Wildman–Crippen LogP) is 2.03. The van der Waals surface area contributed by atoms with Gasteiger partial charge in [0, 0.05) is 29.6 Å². The number of fused-ring (bicyclic) bond motifs is 1. The maximum absolute atomic E-state index is 13.6. The third-order valence-corrected chi connectivity index (χ3v) is 3.79. The largest absolute Gasteiger partial charge is 0.351 e. The summed E-state index contributed by atoms with van der Waals surface area (Å²) in [6.45, 7) is -0.125. The van der Waals surface area contributed by atoms with Crippen LogP contribution in [0.5, 0.6) is 0 Å². The number of aromatic amines is 1. The van der Waals surface area contributed by atoms with Crippen LogP contribution < -0.4 is 11.1 Å². The van der Waals surface area contributed by atoms with Crippen LogP contribution in [0.25, 0.3) is 10.9 Å². The van der Waals surface area contributed by atoms with Crippen molar-refractivity contribution >= 4 is 16.8 Å². The molecule has 0 radical (unpaired) electrons. The number of benzene rings is 2. The minimum atomic E-state index is -0.967. The van der Waals surface area contributed by atoms with Gasteiger partial charge in [-0.25, -0.2) is 8.78 Å². The number of rotatable bonds is 5. The number of nitrogens with two attached hydrogens (primary N) is 1. The van der Waals surface area contributed by atoms with Gasteiger partial charge in [0.25, 0.3) is 0 Å². The van der Waals surface area contributed by atoms with Crippen LogP contribution in [-0.4, -0.2) is 22.1 Å². The molecule has 24 heavy (non-hydrogen) atoms. The first-order chi connectivity index (χ1) is 11.6. The van der Waals surface area contributed by atoms with Crippen molar-refractivity contribution in [3.63, 3.8) is 0 Å². The molecule has 0 bridgehead atoms. The molecular weight excluding hydrogens is 314 g/mol. The van der Waals surface area contributed by atoms with E-state index in [2.05, 4.69) is 15.5 Å². The Morgan fingerprint density at radius 2 is 2.00 bits per heavy atom. The molecule has 0 aliphatic heterocycles. The number of para-hydroxylation sites is 1. The van der Waals surface area contributed by atoms with Crippen molar-refractivity contribution in [2.45, 2.75) is 19.0 Å². The van der Waals surface area contributed by atoms with E-state index >= 15 is 0 Å². The number of carbonyl (C=O) groups is 1. The van der Waals surface area contributed by atoms with Crippen molar-refractivity contribution < 1.29 is 13.6 Å². The first-order valence-electron chi connectivity index (χ1n) is 7.44. The summed E-state index contributed by atoms with van der Waals surface area (Å²) in [4.78, 5) is 12.1. The smallest absolute Gasteiger partial charge is 0.237 e. The number of hydrogen-bond donors (Lipinski definition) is 3. The molecule has 1 unspecified atom stereocenters. The minimum absolute atomic E-state index is 0.0718. The summed E-state index contributed by atoms with van der Waals surface area (Å²) in [6, 6.07) is 10.5. The second-order valence-electron chi connectivity index (χ2n) is 5.46. The van der Waals surface area contributed by atoms with E-state index in [4.69, 9.17) is 5.73 Å². The van der Waals surface area contributed by atoms with Gasteiger partial charge in [-0.1, -0.05) is 30.3 Å². The summed E-state index contributed by atoms with van der Waals surface area (Å²) in [5.74, 6) is -2.36. The highest BCUT2D eigenvalue weighted by Gasteiger charge is 2.17. The van der Waals surface area contributed by atoms with Gasteiger partial charge in [0.15, 0.2) is 11.6 Å². The zero-order valence-corrected chi connectivity index (χ0v) is 12.7. The van der Waals surface area contributed by atoms with E-state index in [1.807, 2.05) is 24.3 Å². The Balaban J connectivity index is 1.64. The van der Waals surface area contributed by atoms with Crippen LogP contribution in [0.3, 0.4) is 0 Å². The quantitative estimate of drug-likeness (QED) is 0.669. The molecule has 0 saturated carbocycles. The Bertz CT molecular complexity index is 878. The molecule has 7 heteroatoms. The Kier molecular flexibility index (Phi) is 4.52. The predicted molar refractivity (Wildman–Crippen MR) is 86.0 cm³/mol. The van der Waals surface area contributed by atoms with Gasteiger partial charge >= 0.3 is 0 Å². The molecular formula is C17H16F2N4O. The summed E-state index contributed by atoms with van der Waals surface area (Å²) in [5, 5.41) is 10.4. The summed E-state index contributed by atoms with van der Waals surface area (Å²) in [5.41, 5.74) is 7.52. The molecule has 0 saturated heterocycles. The second-order valence-corrected chi connectivity index (χ2v) is 5.46. The first-order valence-corrected chi connectivity index (χ1v) is 7.44. The van der Waals surface area contributed by atoms with Gasteiger partial charge < -0.3 is 11.1 Å². The highest BCUT2D eigenvalue weighted by Crippen LogP contribution is 2.16. The molecule has 2 aromatic carbocycles. The number of halogens is 2. The van der Waals surface area contributed by atoms with E-state index in [0.29, 0.717) is 0 Å². The van der Waals surface area contributed by atoms with Gasteiger partial charge in [-0.15, -0.1) is 0 Å². The molecule has 124 valence electrons. The maximum Gasteiger partial charge on any atom is 0.237 e. The van der Waals surface area contributed by atoms with Crippen LogP contribution in [0.4, 0.5) is 8.78 Å². The van der Waals surface area contributed by atoms with Crippen molar-refractivity contribution in [1.29, 1.82) is 0 Å². The van der Waals surface area contributed by atoms with Crippen molar-refractivity contribution in [1.82, 2.24) is 15.5 Å². The Labute approximate surface area is 136 Å². The number of H-pyrrole nitrogens is 1. The number of amides is 1. The van der Waals surface area contributed by atoms with Crippen LogP contribution in [0.15, 0.2) is 42.5 Å². The third kappa shape index (κ3) is 3.26. The van der Waals surface area contributed by atoms with E-state index in [-0.39, 0.29) is 18.5 Å². The van der Waals surface area contributed by atoms with Gasteiger partial charge in [0.05, 0.1) is 11.6 Å². The lowest BCUT2D eigenvalue weighted by molar-refractivity contribution is -0.122. The summed E-state index contributed by atoms with van der Waals surface area (Å²) >= 11 is 0. The monoisotopic (exact) mass is 330 g/mol. The van der Waals surface area contributed by atoms with E-state index in [0.717, 1.165) is 22.7 Å². The summed E-state index contributed by atoms with van der Waals surface area (Å²) < 4.78 is 26.7. The molecule has 1 heterocycles. The highest BCUT2D eigenvalue weighted by molar-refractivity contribution is 5.84. The Morgan fingerprint density at radius 1 is 1.21 bits per heavy atom. The summed E-state index contributed by atoms with van der Waals surface area (Å²) in [6.07, 6.45) is 0.262. The van der Waals surface area contributed by atoms with E-state index in [1.165, 1.54) is 12.1 Å². The average molecular weight is 330 g/mol. The fourth-order valence-electron chi connectivity index (χ4n) is 2.48. The Hall–Kier alpha value is -2.80. The number of carbonyl (C=O) groups excluding carboxylic acids is 1. The lowest BCUT2D eigenvalue weighted by Crippen LogP contribution is -2.41. The third-order valence-electron chi connectivity index (χ3n) is 3.79. The maximum atomic E-state index is 13.6. The SMILES string of the molecule is NC(Cc1[nH]nc2ccccc12)C(=O)NCc1cccc(F)c1F. The highest BCUT2D eigenvalue weighted by atomic mass is 19.2. The van der Waals surface area contributed by atoms with Crippen LogP contribution >= 0.6 is 0 Å². The van der Waals surface area contributed by atoms with E-state index < -0.39 is 23.6 Å². The molecule has 1 aromatic heterocycles. The molecule has 1 amide bonds. The molecule has 4 N–H and O–H groups in total. The average Bonchev–Trinajstić information content (AvgIpc) is 2.99. The second kappa shape index (κ2) is 6.76. The topological polar surface area (TPSA) is 83.8 Å². The molecule has 3 rings (SSSR count). The Morgan fingerprint density at radius 3 is 2.83 bits per heavy atom. The molecule has 0 spiro atoms. The van der Waals surface area contributed by atoms with E-state index in [9.17, 15) is 13.6 Å². The first kappa shape index (κ1) is 16.1. The van der Waals surface area contributed by atoms with Crippen LogP contribution in [0.2, 0.25) is 0 Å². The molecule has 3 aromatic rings. The summed E-state index contributed by atoms with van der Waals surface area (Å²) in [7, 11) is 0. The fraction of sp³-hybridized carbons (Fsp3) is 0.176. The van der Waals surface area contributed by atoms with Crippen molar-refractivity contribution in [3.8, 4) is 0 Å². The lowest BCUT2D eigenvalue weighted by atomic mass is 10.1. The molecule has 0 aliphatic carbocycles. The van der Waals surface area contributed by atoms with E-state index in [1.54, 1.807) is 0 Å². The standard InChI is InChI=1S/C17H16F2N4O/c18-12-6-3-4-10(16(12)19)9-21-17(24)13(20)8-15-11-5-1-2-7-14(11)22-23-15/h1-7,13H,8-9,20H2,(H,21,24)(H,22,23). The fourth-order valence-corrected chi connectivity index (χ4v) is 2.48. The zero-order valence-electron chi connectivity index (χ0n) is 12.7. The van der Waals surface area contributed by atoms with Gasteiger partial charge in [0.2, 0.25) is 5.91 Å². The van der Waals surface area contributed by atoms with Gasteiger partial charge in [-0.05, 0) is 12.1 Å². The molecule has 0 fully saturated rings. The van der Waals surface area contributed by atoms with Crippen molar-refractivity contribution in [3.05, 3.63) is 65.4 Å². The lowest BCUT2D eigenvalue weighted by Gasteiger charge is -2.12. The van der Waals surface area contributed by atoms with Crippen LogP contribution in [0, 0.1) is 11.6 Å². The van der Waals surface area contributed by atoms with Gasteiger partial charge in [0.1, 0.15) is 0 Å². The molecule has 5 nitrogen and oxygen atoms in total. The van der Waals surface area contributed by atoms with Crippen LogP contribution in [-0.2, 0) is 17.8 Å². The van der Waals surface area contributed by atoms with Crippen molar-refractivity contribution in [2.24, 2.45) is 5.73 Å². The molecule has 0 aliphatic rings. The normalized spacial score (nSPS) is 12.3. The number of nitrogens with one attached hydrogen (secondary N) is 2. The number of aromatic nitrogens is 2. The number of hydrogen-bond acceptors (Lipinski definition) is 3. The minimum Gasteiger partial charge on any atom is -0.351 e. The van der Waals surface area contributed by atoms with Gasteiger partial charge in [-0.2, -0.15) is 5.10 Å². The molecule has 1 atom stereocenters. The van der Waals surface area contributed by atoms with Crippen LogP contribution in [0.1, 0.15) is 11.3 Å².